The maximum atomic E-state index is 14.2. The maximum Gasteiger partial charge on any atom is 0.459 e. The van der Waals surface area contributed by atoms with Gasteiger partial charge in [-0.25, -0.2) is 9.59 Å². The van der Waals surface area contributed by atoms with Gasteiger partial charge in [-0.3, -0.25) is 9.59 Å². The molecule has 9 nitrogen and oxygen atoms in total. The molecule has 0 radical (unpaired) electrons. The fourth-order valence-electron chi connectivity index (χ4n) is 6.38. The number of carbonyl (C=O) groups excluding carboxylic acids is 4. The number of aryl methyl sites for hydroxylation is 2. The molecule has 3 atom stereocenters. The first-order valence-corrected chi connectivity index (χ1v) is 19.1. The van der Waals surface area contributed by atoms with Crippen molar-refractivity contribution in [1.29, 1.82) is 0 Å². The molecular weight excluding hydrogens is 896 g/mol. The summed E-state index contributed by atoms with van der Waals surface area (Å²) in [6.07, 6.45) is -20.6. The zero-order chi connectivity index (χ0) is 48.2. The Balaban J connectivity index is 1.47. The molecule has 3 aromatic rings. The van der Waals surface area contributed by atoms with Gasteiger partial charge in [-0.2, -0.15) is 61.5 Å². The number of benzene rings is 3. The van der Waals surface area contributed by atoms with Crippen LogP contribution in [0.15, 0.2) is 66.7 Å². The minimum Gasteiger partial charge on any atom is -0.459 e. The summed E-state index contributed by atoms with van der Waals surface area (Å²) < 4.78 is 198. The Bertz CT molecular complexity index is 2070. The molecule has 3 amide bonds. The molecular formula is C41H39F14N3O6. The largest absolute Gasteiger partial charge is 0.459 e. The van der Waals surface area contributed by atoms with Gasteiger partial charge in [-0.1, -0.05) is 66.7 Å². The van der Waals surface area contributed by atoms with Gasteiger partial charge in [0.2, 0.25) is 11.8 Å². The van der Waals surface area contributed by atoms with Gasteiger partial charge in [0.1, 0.15) is 31.3 Å². The zero-order valence-electron chi connectivity index (χ0n) is 33.6. The molecule has 0 saturated heterocycles. The monoisotopic (exact) mass is 935 g/mol. The van der Waals surface area contributed by atoms with Gasteiger partial charge in [-0.15, -0.1) is 0 Å². The summed E-state index contributed by atoms with van der Waals surface area (Å²) in [6, 6.07) is 11.7. The molecule has 1 aliphatic carbocycles. The standard InChI is InChI=1S/C41H39F14N3O6/c1-21(32(59)57-23(3)34(61)63-19-26-7-5-4-6-8-26)56-33(60)22(2)58-35(62)64-20-31-29-17-24(13-15-36(42,43)38(46,47)40(50,51)52)9-11-27(29)28-12-10-25(18-30(28)31)14-16-37(44,45)39(48,49)41(53,54)55/h4-12,17-18,21-23,31H,13-16,19-20H2,1-3H3,(H,56,60)(H,57,59)(H,58,62)/t21-,22-,23-/m0/s1. The lowest BCUT2D eigenvalue weighted by Gasteiger charge is -2.28. The van der Waals surface area contributed by atoms with E-state index in [0.29, 0.717) is 5.56 Å². The first-order valence-electron chi connectivity index (χ1n) is 19.1. The van der Waals surface area contributed by atoms with Crippen LogP contribution in [-0.2, 0) is 43.3 Å². The van der Waals surface area contributed by atoms with Gasteiger partial charge in [0.15, 0.2) is 0 Å². The van der Waals surface area contributed by atoms with Gasteiger partial charge in [0.25, 0.3) is 0 Å². The number of alkyl carbamates (subject to hydrolysis) is 1. The number of esters is 1. The number of ether oxygens (including phenoxy) is 2. The van der Waals surface area contributed by atoms with Crippen LogP contribution in [0, 0.1) is 0 Å². The quantitative estimate of drug-likeness (QED) is 0.0865. The summed E-state index contributed by atoms with van der Waals surface area (Å²) in [5.41, 5.74) is 0.840. The van der Waals surface area contributed by atoms with E-state index < -0.39 is 116 Å². The van der Waals surface area contributed by atoms with Crippen molar-refractivity contribution in [3.63, 3.8) is 0 Å². The lowest BCUT2D eigenvalue weighted by molar-refractivity contribution is -0.355. The van der Waals surface area contributed by atoms with Crippen LogP contribution in [0.25, 0.3) is 11.1 Å². The molecule has 0 bridgehead atoms. The van der Waals surface area contributed by atoms with Crippen LogP contribution in [0.4, 0.5) is 66.3 Å². The predicted octanol–water partition coefficient (Wildman–Crippen LogP) is 9.20. The fraction of sp³-hybridized carbons (Fsp3) is 0.463. The van der Waals surface area contributed by atoms with Gasteiger partial charge < -0.3 is 25.4 Å². The Hall–Kier alpha value is -5.64. The van der Waals surface area contributed by atoms with Gasteiger partial charge >= 0.3 is 48.1 Å². The normalized spacial score (nSPS) is 15.0. The lowest BCUT2D eigenvalue weighted by atomic mass is 9.93. The number of halogens is 14. The third-order valence-electron chi connectivity index (χ3n) is 10.2. The van der Waals surface area contributed by atoms with Crippen LogP contribution in [0.1, 0.15) is 67.3 Å². The Labute approximate surface area is 355 Å². The minimum absolute atomic E-state index is 0.0705. The topological polar surface area (TPSA) is 123 Å². The molecule has 1 aliphatic rings. The number of rotatable bonds is 18. The highest BCUT2D eigenvalue weighted by Crippen LogP contribution is 2.51. The first kappa shape index (κ1) is 51.0. The second-order valence-electron chi connectivity index (χ2n) is 15.0. The third kappa shape index (κ3) is 11.5. The van der Waals surface area contributed by atoms with Crippen molar-refractivity contribution in [2.24, 2.45) is 0 Å². The molecule has 3 N–H and O–H groups in total. The molecule has 0 unspecified atom stereocenters. The van der Waals surface area contributed by atoms with Crippen molar-refractivity contribution < 1.29 is 90.1 Å². The van der Waals surface area contributed by atoms with Crippen LogP contribution < -0.4 is 16.0 Å². The molecule has 352 valence electrons. The van der Waals surface area contributed by atoms with Crippen LogP contribution in [0.2, 0.25) is 0 Å². The first-order chi connectivity index (χ1) is 29.4. The van der Waals surface area contributed by atoms with Gasteiger partial charge in [-0.05, 0) is 72.6 Å². The van der Waals surface area contributed by atoms with Crippen molar-refractivity contribution in [1.82, 2.24) is 16.0 Å². The van der Waals surface area contributed by atoms with E-state index in [1.54, 1.807) is 30.3 Å². The number of nitrogens with one attached hydrogen (secondary N) is 3. The molecule has 0 aliphatic heterocycles. The predicted molar refractivity (Wildman–Crippen MR) is 198 cm³/mol. The molecule has 0 heterocycles. The van der Waals surface area contributed by atoms with E-state index in [2.05, 4.69) is 16.0 Å². The van der Waals surface area contributed by atoms with Crippen LogP contribution in [0.3, 0.4) is 0 Å². The Kier molecular flexibility index (Phi) is 15.3. The second-order valence-corrected chi connectivity index (χ2v) is 15.0. The fourth-order valence-corrected chi connectivity index (χ4v) is 6.38. The average Bonchev–Trinajstić information content (AvgIpc) is 3.51. The van der Waals surface area contributed by atoms with Crippen LogP contribution in [0.5, 0.6) is 0 Å². The molecule has 0 fully saturated rings. The van der Waals surface area contributed by atoms with Crippen molar-refractivity contribution in [3.05, 3.63) is 94.5 Å². The summed E-state index contributed by atoms with van der Waals surface area (Å²) >= 11 is 0. The van der Waals surface area contributed by atoms with E-state index in [1.165, 1.54) is 32.9 Å². The van der Waals surface area contributed by atoms with E-state index in [0.717, 1.165) is 24.3 Å². The van der Waals surface area contributed by atoms with E-state index in [-0.39, 0.29) is 40.0 Å². The van der Waals surface area contributed by atoms with Crippen molar-refractivity contribution in [2.45, 2.75) is 113 Å². The Morgan fingerprint density at radius 2 is 0.969 bits per heavy atom. The lowest BCUT2D eigenvalue weighted by Crippen LogP contribution is -2.53. The highest BCUT2D eigenvalue weighted by Gasteiger charge is 2.73. The van der Waals surface area contributed by atoms with E-state index in [9.17, 15) is 80.6 Å². The molecule has 3 aromatic carbocycles. The number of fused-ring (bicyclic) bond motifs is 3. The molecule has 4 rings (SSSR count). The third-order valence-corrected chi connectivity index (χ3v) is 10.2. The summed E-state index contributed by atoms with van der Waals surface area (Å²) in [7, 11) is 0. The molecule has 0 spiro atoms. The van der Waals surface area contributed by atoms with Crippen molar-refractivity contribution in [3.8, 4) is 11.1 Å². The summed E-state index contributed by atoms with van der Waals surface area (Å²) in [4.78, 5) is 50.8. The summed E-state index contributed by atoms with van der Waals surface area (Å²) in [5, 5.41) is 6.83. The molecule has 0 aromatic heterocycles. The number of hydrogen-bond acceptors (Lipinski definition) is 6. The summed E-state index contributed by atoms with van der Waals surface area (Å²) in [5.74, 6) is -27.7. The Morgan fingerprint density at radius 1 is 0.547 bits per heavy atom. The highest BCUT2D eigenvalue weighted by molar-refractivity contribution is 5.92. The maximum absolute atomic E-state index is 14.2. The summed E-state index contributed by atoms with van der Waals surface area (Å²) in [6.45, 7) is 2.93. The van der Waals surface area contributed by atoms with Crippen LogP contribution >= 0.6 is 0 Å². The average molecular weight is 936 g/mol. The number of carbonyl (C=O) groups is 4. The van der Waals surface area contributed by atoms with Crippen LogP contribution in [-0.4, -0.2) is 84.7 Å². The highest BCUT2D eigenvalue weighted by atomic mass is 19.4. The Morgan fingerprint density at radius 3 is 1.41 bits per heavy atom. The SMILES string of the molecule is C[C@H](NC(=O)OCC1c2cc(CCC(F)(F)C(F)(F)C(F)(F)F)ccc2-c2ccc(CCC(F)(F)C(F)(F)C(F)(F)F)cc21)C(=O)N[C@@H](C)C(=O)N[C@@H](C)C(=O)OCc1ccccc1. The smallest absolute Gasteiger partial charge is 0.459 e. The zero-order valence-corrected chi connectivity index (χ0v) is 33.6. The molecule has 23 heteroatoms. The number of hydrogen-bond donors (Lipinski definition) is 3. The van der Waals surface area contributed by atoms with Crippen molar-refractivity contribution in [2.75, 3.05) is 6.61 Å². The van der Waals surface area contributed by atoms with Gasteiger partial charge in [0, 0.05) is 18.8 Å². The molecule has 0 saturated carbocycles. The van der Waals surface area contributed by atoms with E-state index >= 15 is 0 Å². The second kappa shape index (κ2) is 19.2. The minimum atomic E-state index is -6.59. The van der Waals surface area contributed by atoms with Gasteiger partial charge in [0.05, 0.1) is 0 Å². The van der Waals surface area contributed by atoms with E-state index in [4.69, 9.17) is 9.47 Å². The van der Waals surface area contributed by atoms with Crippen molar-refractivity contribution >= 4 is 23.9 Å². The number of amides is 3. The van der Waals surface area contributed by atoms with E-state index in [1.807, 2.05) is 0 Å². The molecule has 64 heavy (non-hydrogen) atoms. The number of alkyl halides is 14.